The topological polar surface area (TPSA) is 96.5 Å². The van der Waals surface area contributed by atoms with Crippen molar-refractivity contribution in [1.82, 2.24) is 15.4 Å². The van der Waals surface area contributed by atoms with Crippen LogP contribution in [0.4, 0.5) is 0 Å². The third kappa shape index (κ3) is 4.26. The molecule has 1 unspecified atom stereocenters. The minimum absolute atomic E-state index is 0.122. The first-order valence-corrected chi connectivity index (χ1v) is 8.54. The van der Waals surface area contributed by atoms with Crippen molar-refractivity contribution in [2.45, 2.75) is 31.1 Å². The SMILES string of the molecule is CNC(C)CNC(=O)CNS(=O)(=O)c1ccc2c(c1)COC2. The third-order valence-electron chi connectivity index (χ3n) is 3.52. The van der Waals surface area contributed by atoms with Crippen LogP contribution >= 0.6 is 0 Å². The van der Waals surface area contributed by atoms with Gasteiger partial charge in [0, 0.05) is 12.6 Å². The molecule has 0 aromatic heterocycles. The van der Waals surface area contributed by atoms with E-state index in [-0.39, 0.29) is 23.4 Å². The summed E-state index contributed by atoms with van der Waals surface area (Å²) in [5, 5.41) is 5.63. The minimum Gasteiger partial charge on any atom is -0.372 e. The number of benzene rings is 1. The van der Waals surface area contributed by atoms with Crippen molar-refractivity contribution in [3.05, 3.63) is 29.3 Å². The van der Waals surface area contributed by atoms with Crippen LogP contribution in [0.1, 0.15) is 18.1 Å². The molecule has 1 aromatic rings. The zero-order valence-electron chi connectivity index (χ0n) is 12.7. The first-order chi connectivity index (χ1) is 10.4. The van der Waals surface area contributed by atoms with Gasteiger partial charge >= 0.3 is 0 Å². The van der Waals surface area contributed by atoms with E-state index in [2.05, 4.69) is 15.4 Å². The fourth-order valence-corrected chi connectivity index (χ4v) is 3.02. The van der Waals surface area contributed by atoms with Gasteiger partial charge in [0.15, 0.2) is 0 Å². The van der Waals surface area contributed by atoms with Gasteiger partial charge in [-0.25, -0.2) is 13.1 Å². The average molecular weight is 327 g/mol. The van der Waals surface area contributed by atoms with Crippen LogP contribution in [0.2, 0.25) is 0 Å². The summed E-state index contributed by atoms with van der Waals surface area (Å²) in [5.74, 6) is -0.366. The van der Waals surface area contributed by atoms with Crippen molar-refractivity contribution in [2.75, 3.05) is 20.1 Å². The van der Waals surface area contributed by atoms with Gasteiger partial charge in [-0.3, -0.25) is 4.79 Å². The quantitative estimate of drug-likeness (QED) is 0.640. The molecule has 1 heterocycles. The highest BCUT2D eigenvalue weighted by molar-refractivity contribution is 7.89. The minimum atomic E-state index is -3.70. The summed E-state index contributed by atoms with van der Waals surface area (Å²) in [6, 6.07) is 4.98. The molecule has 0 saturated heterocycles. The van der Waals surface area contributed by atoms with E-state index < -0.39 is 10.0 Å². The molecule has 0 saturated carbocycles. The summed E-state index contributed by atoms with van der Waals surface area (Å²) in [6.45, 7) is 2.99. The molecule has 0 bridgehead atoms. The normalized spacial score (nSPS) is 15.4. The molecule has 1 aliphatic rings. The number of ether oxygens (including phenoxy) is 1. The summed E-state index contributed by atoms with van der Waals surface area (Å²) < 4.78 is 31.9. The molecule has 1 aliphatic heterocycles. The Morgan fingerprint density at radius 2 is 2.05 bits per heavy atom. The first kappa shape index (κ1) is 16.9. The molecule has 3 N–H and O–H groups in total. The van der Waals surface area contributed by atoms with Gasteiger partial charge < -0.3 is 15.4 Å². The van der Waals surface area contributed by atoms with Crippen LogP contribution in [0.25, 0.3) is 0 Å². The number of likely N-dealkylation sites (N-methyl/N-ethyl adjacent to an activating group) is 1. The van der Waals surface area contributed by atoms with Gasteiger partial charge in [0.05, 0.1) is 24.7 Å². The van der Waals surface area contributed by atoms with E-state index in [9.17, 15) is 13.2 Å². The van der Waals surface area contributed by atoms with Gasteiger partial charge in [0.2, 0.25) is 15.9 Å². The van der Waals surface area contributed by atoms with E-state index in [0.717, 1.165) is 11.1 Å². The predicted octanol–water partition coefficient (Wildman–Crippen LogP) is -0.281. The van der Waals surface area contributed by atoms with E-state index in [1.54, 1.807) is 19.2 Å². The number of nitrogens with one attached hydrogen (secondary N) is 3. The van der Waals surface area contributed by atoms with E-state index >= 15 is 0 Å². The fourth-order valence-electron chi connectivity index (χ4n) is 1.99. The lowest BCUT2D eigenvalue weighted by molar-refractivity contribution is -0.120. The summed E-state index contributed by atoms with van der Waals surface area (Å²) in [5.41, 5.74) is 1.87. The summed E-state index contributed by atoms with van der Waals surface area (Å²) >= 11 is 0. The second kappa shape index (κ2) is 7.19. The van der Waals surface area contributed by atoms with Gasteiger partial charge in [0.1, 0.15) is 0 Å². The third-order valence-corrected chi connectivity index (χ3v) is 4.92. The van der Waals surface area contributed by atoms with Crippen molar-refractivity contribution in [2.24, 2.45) is 0 Å². The van der Waals surface area contributed by atoms with Crippen LogP contribution < -0.4 is 15.4 Å². The number of rotatable bonds is 7. The first-order valence-electron chi connectivity index (χ1n) is 7.05. The van der Waals surface area contributed by atoms with Gasteiger partial charge in [-0.2, -0.15) is 0 Å². The lowest BCUT2D eigenvalue weighted by Crippen LogP contribution is -2.42. The Morgan fingerprint density at radius 3 is 2.77 bits per heavy atom. The van der Waals surface area contributed by atoms with E-state index in [1.807, 2.05) is 6.92 Å². The molecule has 1 atom stereocenters. The highest BCUT2D eigenvalue weighted by atomic mass is 32.2. The Balaban J connectivity index is 1.92. The van der Waals surface area contributed by atoms with Crippen LogP contribution in [0.3, 0.4) is 0 Å². The Bertz CT molecular complexity index is 645. The maximum absolute atomic E-state index is 12.2. The molecule has 0 radical (unpaired) electrons. The van der Waals surface area contributed by atoms with Crippen molar-refractivity contribution < 1.29 is 17.9 Å². The number of fused-ring (bicyclic) bond motifs is 1. The van der Waals surface area contributed by atoms with Crippen LogP contribution in [0, 0.1) is 0 Å². The molecule has 2 rings (SSSR count). The predicted molar refractivity (Wildman–Crippen MR) is 81.7 cm³/mol. The van der Waals surface area contributed by atoms with Gasteiger partial charge in [0.25, 0.3) is 0 Å². The van der Waals surface area contributed by atoms with Gasteiger partial charge in [-0.05, 0) is 37.2 Å². The maximum atomic E-state index is 12.2. The second-order valence-corrected chi connectivity index (χ2v) is 7.01. The molecule has 7 nitrogen and oxygen atoms in total. The Labute approximate surface area is 130 Å². The lowest BCUT2D eigenvalue weighted by Gasteiger charge is -2.12. The van der Waals surface area contributed by atoms with Gasteiger partial charge in [-0.1, -0.05) is 6.07 Å². The summed E-state index contributed by atoms with van der Waals surface area (Å²) in [4.78, 5) is 11.8. The Kier molecular flexibility index (Phi) is 5.52. The summed E-state index contributed by atoms with van der Waals surface area (Å²) in [6.07, 6.45) is 0. The maximum Gasteiger partial charge on any atom is 0.241 e. The lowest BCUT2D eigenvalue weighted by atomic mass is 10.1. The number of amides is 1. The standard InChI is InChI=1S/C14H21N3O4S/c1-10(15-2)6-16-14(18)7-17-22(19,20)13-4-3-11-8-21-9-12(11)5-13/h3-5,10,15,17H,6-9H2,1-2H3,(H,16,18). The highest BCUT2D eigenvalue weighted by Crippen LogP contribution is 2.22. The zero-order chi connectivity index (χ0) is 16.2. The molecule has 1 amide bonds. The molecular weight excluding hydrogens is 306 g/mol. The van der Waals surface area contributed by atoms with E-state index in [0.29, 0.717) is 19.8 Å². The average Bonchev–Trinajstić information content (AvgIpc) is 2.98. The molecule has 22 heavy (non-hydrogen) atoms. The smallest absolute Gasteiger partial charge is 0.241 e. The van der Waals surface area contributed by atoms with Crippen molar-refractivity contribution in [3.8, 4) is 0 Å². The Morgan fingerprint density at radius 1 is 1.32 bits per heavy atom. The van der Waals surface area contributed by atoms with Crippen molar-refractivity contribution in [1.29, 1.82) is 0 Å². The van der Waals surface area contributed by atoms with Crippen LogP contribution in [-0.2, 0) is 32.8 Å². The molecule has 122 valence electrons. The molecule has 8 heteroatoms. The number of hydrogen-bond donors (Lipinski definition) is 3. The number of hydrogen-bond acceptors (Lipinski definition) is 5. The molecular formula is C14H21N3O4S. The molecule has 0 spiro atoms. The molecule has 1 aromatic carbocycles. The van der Waals surface area contributed by atoms with Gasteiger partial charge in [-0.15, -0.1) is 0 Å². The molecule has 0 fully saturated rings. The van der Waals surface area contributed by atoms with E-state index in [4.69, 9.17) is 4.74 Å². The van der Waals surface area contributed by atoms with Crippen LogP contribution in [0.15, 0.2) is 23.1 Å². The molecule has 0 aliphatic carbocycles. The zero-order valence-corrected chi connectivity index (χ0v) is 13.5. The fraction of sp³-hybridized carbons (Fsp3) is 0.500. The van der Waals surface area contributed by atoms with Crippen LogP contribution in [-0.4, -0.2) is 40.5 Å². The number of carbonyl (C=O) groups is 1. The number of sulfonamides is 1. The second-order valence-electron chi connectivity index (χ2n) is 5.24. The largest absolute Gasteiger partial charge is 0.372 e. The van der Waals surface area contributed by atoms with Crippen molar-refractivity contribution >= 4 is 15.9 Å². The number of carbonyl (C=O) groups excluding carboxylic acids is 1. The Hall–Kier alpha value is -1.48. The van der Waals surface area contributed by atoms with Crippen LogP contribution in [0.5, 0.6) is 0 Å². The van der Waals surface area contributed by atoms with E-state index in [1.165, 1.54) is 6.07 Å². The van der Waals surface area contributed by atoms with Crippen molar-refractivity contribution in [3.63, 3.8) is 0 Å². The monoisotopic (exact) mass is 327 g/mol. The highest BCUT2D eigenvalue weighted by Gasteiger charge is 2.19. The summed E-state index contributed by atoms with van der Waals surface area (Å²) in [7, 11) is -1.91.